The summed E-state index contributed by atoms with van der Waals surface area (Å²) in [5, 5.41) is 3.38. The molecule has 4 fully saturated rings. The fourth-order valence-electron chi connectivity index (χ4n) is 6.95. The summed E-state index contributed by atoms with van der Waals surface area (Å²) >= 11 is 1.45. The highest BCUT2D eigenvalue weighted by molar-refractivity contribution is 7.17. The van der Waals surface area contributed by atoms with Gasteiger partial charge >= 0.3 is 11.9 Å². The van der Waals surface area contributed by atoms with E-state index in [4.69, 9.17) is 9.47 Å². The molecule has 4 saturated carbocycles. The van der Waals surface area contributed by atoms with Gasteiger partial charge in [0.1, 0.15) is 5.00 Å². The van der Waals surface area contributed by atoms with Crippen molar-refractivity contribution in [1.82, 2.24) is 0 Å². The van der Waals surface area contributed by atoms with E-state index in [0.717, 1.165) is 55.4 Å². The molecule has 7 heteroatoms. The van der Waals surface area contributed by atoms with E-state index >= 15 is 0 Å². The number of thiophene rings is 1. The predicted molar refractivity (Wildman–Crippen MR) is 122 cm³/mol. The highest BCUT2D eigenvalue weighted by Gasteiger charge is 2.55. The molecule has 1 aromatic rings. The number of nitrogens with one attached hydrogen (secondary N) is 1. The number of aryl methyl sites for hydroxylation is 1. The van der Waals surface area contributed by atoms with Crippen molar-refractivity contribution in [2.75, 3.05) is 11.9 Å². The molecule has 1 amide bonds. The maximum atomic E-state index is 13.0. The van der Waals surface area contributed by atoms with Crippen LogP contribution in [0.1, 0.15) is 86.0 Å². The van der Waals surface area contributed by atoms with Crippen LogP contribution in [0.15, 0.2) is 0 Å². The fourth-order valence-corrected chi connectivity index (χ4v) is 8.24. The zero-order valence-corrected chi connectivity index (χ0v) is 19.9. The second-order valence-electron chi connectivity index (χ2n) is 10.7. The summed E-state index contributed by atoms with van der Waals surface area (Å²) in [5.41, 5.74) is 1.12. The van der Waals surface area contributed by atoms with Crippen molar-refractivity contribution in [2.24, 2.45) is 23.2 Å². The third kappa shape index (κ3) is 4.09. The number of esters is 2. The van der Waals surface area contributed by atoms with E-state index in [2.05, 4.69) is 5.32 Å². The molecule has 6 nitrogen and oxygen atoms in total. The van der Waals surface area contributed by atoms with Gasteiger partial charge in [0.05, 0.1) is 17.1 Å². The van der Waals surface area contributed by atoms with Crippen LogP contribution in [0.4, 0.5) is 5.00 Å². The van der Waals surface area contributed by atoms with E-state index in [0.29, 0.717) is 28.3 Å². The molecule has 174 valence electrons. The lowest BCUT2D eigenvalue weighted by atomic mass is 9.49. The van der Waals surface area contributed by atoms with E-state index in [1.807, 2.05) is 13.8 Å². The largest absolute Gasteiger partial charge is 0.459 e. The van der Waals surface area contributed by atoms with E-state index in [-0.39, 0.29) is 36.0 Å². The van der Waals surface area contributed by atoms with Crippen LogP contribution in [0.2, 0.25) is 0 Å². The number of anilines is 1. The van der Waals surface area contributed by atoms with Gasteiger partial charge in [0, 0.05) is 4.88 Å². The SMILES string of the molecule is CC(C)OC(=O)c1c(NC(=O)COC(=O)C23CC4CC(CC(C4)C2)C3)sc2c1CCCC2. The van der Waals surface area contributed by atoms with Gasteiger partial charge in [-0.1, -0.05) is 0 Å². The minimum Gasteiger partial charge on any atom is -0.459 e. The molecular weight excluding hydrogens is 426 g/mol. The molecule has 0 aliphatic heterocycles. The number of ether oxygens (including phenoxy) is 2. The van der Waals surface area contributed by atoms with Crippen molar-refractivity contribution in [3.8, 4) is 0 Å². The Morgan fingerprint density at radius 1 is 1.03 bits per heavy atom. The number of rotatable bonds is 6. The summed E-state index contributed by atoms with van der Waals surface area (Å²) in [7, 11) is 0. The minimum atomic E-state index is -0.389. The number of carbonyl (C=O) groups excluding carboxylic acids is 3. The number of amides is 1. The molecule has 0 spiro atoms. The van der Waals surface area contributed by atoms with Crippen LogP contribution in [0.25, 0.3) is 0 Å². The lowest BCUT2D eigenvalue weighted by Crippen LogP contribution is -2.50. The van der Waals surface area contributed by atoms with Gasteiger partial charge in [-0.2, -0.15) is 0 Å². The van der Waals surface area contributed by atoms with Crippen molar-refractivity contribution in [3.05, 3.63) is 16.0 Å². The van der Waals surface area contributed by atoms with Crippen LogP contribution in [-0.4, -0.2) is 30.6 Å². The first-order valence-electron chi connectivity index (χ1n) is 12.2. The second kappa shape index (κ2) is 8.47. The molecule has 1 aromatic heterocycles. The zero-order valence-electron chi connectivity index (χ0n) is 19.0. The molecule has 0 unspecified atom stereocenters. The van der Waals surface area contributed by atoms with Gasteiger partial charge in [-0.25, -0.2) is 4.79 Å². The van der Waals surface area contributed by atoms with Crippen molar-refractivity contribution >= 4 is 34.2 Å². The van der Waals surface area contributed by atoms with Gasteiger partial charge < -0.3 is 14.8 Å². The zero-order chi connectivity index (χ0) is 22.5. The molecule has 5 aliphatic rings. The van der Waals surface area contributed by atoms with Crippen LogP contribution in [0.3, 0.4) is 0 Å². The quantitative estimate of drug-likeness (QED) is 0.613. The van der Waals surface area contributed by atoms with Crippen LogP contribution in [0, 0.1) is 23.2 Å². The first kappa shape index (κ1) is 21.9. The number of hydrogen-bond acceptors (Lipinski definition) is 6. The van der Waals surface area contributed by atoms with Crippen molar-refractivity contribution < 1.29 is 23.9 Å². The van der Waals surface area contributed by atoms with E-state index in [1.54, 1.807) is 0 Å². The lowest BCUT2D eigenvalue weighted by Gasteiger charge is -2.55. The third-order valence-electron chi connectivity index (χ3n) is 7.78. The summed E-state index contributed by atoms with van der Waals surface area (Å²) in [5.74, 6) is 0.968. The van der Waals surface area contributed by atoms with Crippen molar-refractivity contribution in [2.45, 2.75) is 84.2 Å². The van der Waals surface area contributed by atoms with Gasteiger partial charge in [0.25, 0.3) is 5.91 Å². The molecule has 6 rings (SSSR count). The van der Waals surface area contributed by atoms with Crippen LogP contribution in [0.5, 0.6) is 0 Å². The Bertz CT molecular complexity index is 898. The summed E-state index contributed by atoms with van der Waals surface area (Å²) in [4.78, 5) is 39.7. The number of hydrogen-bond donors (Lipinski definition) is 1. The average molecular weight is 460 g/mol. The van der Waals surface area contributed by atoms with Gasteiger partial charge in [-0.05, 0) is 101 Å². The van der Waals surface area contributed by atoms with Gasteiger partial charge in [-0.3, -0.25) is 9.59 Å². The molecule has 0 aromatic carbocycles. The predicted octanol–water partition coefficient (Wildman–Crippen LogP) is 4.89. The maximum Gasteiger partial charge on any atom is 0.341 e. The van der Waals surface area contributed by atoms with Crippen LogP contribution >= 0.6 is 11.3 Å². The summed E-state index contributed by atoms with van der Waals surface area (Å²) < 4.78 is 11.0. The summed E-state index contributed by atoms with van der Waals surface area (Å²) in [6, 6.07) is 0. The Morgan fingerprint density at radius 2 is 1.66 bits per heavy atom. The van der Waals surface area contributed by atoms with E-state index < -0.39 is 0 Å². The van der Waals surface area contributed by atoms with Gasteiger partial charge in [-0.15, -0.1) is 11.3 Å². The third-order valence-corrected chi connectivity index (χ3v) is 8.98. The lowest BCUT2D eigenvalue weighted by molar-refractivity contribution is -0.172. The smallest absolute Gasteiger partial charge is 0.341 e. The van der Waals surface area contributed by atoms with Gasteiger partial charge in [0.15, 0.2) is 6.61 Å². The second-order valence-corrected chi connectivity index (χ2v) is 11.8. The summed E-state index contributed by atoms with van der Waals surface area (Å²) in [6.45, 7) is 3.33. The molecule has 0 saturated heterocycles. The molecule has 1 N–H and O–H groups in total. The molecule has 0 atom stereocenters. The van der Waals surface area contributed by atoms with E-state index in [1.165, 1.54) is 30.6 Å². The average Bonchev–Trinajstić information content (AvgIpc) is 3.08. The molecule has 1 heterocycles. The molecule has 32 heavy (non-hydrogen) atoms. The molecular formula is C25H33NO5S. The highest BCUT2D eigenvalue weighted by Crippen LogP contribution is 2.60. The van der Waals surface area contributed by atoms with Gasteiger partial charge in [0.2, 0.25) is 0 Å². The Labute approximate surface area is 193 Å². The maximum absolute atomic E-state index is 13.0. The Balaban J connectivity index is 1.25. The Kier molecular flexibility index (Phi) is 5.81. The minimum absolute atomic E-state index is 0.198. The first-order valence-corrected chi connectivity index (χ1v) is 13.0. The van der Waals surface area contributed by atoms with Crippen molar-refractivity contribution in [1.29, 1.82) is 0 Å². The standard InChI is InChI=1S/C25H33NO5S/c1-14(2)31-23(28)21-18-5-3-4-6-19(18)32-22(21)26-20(27)13-30-24(29)25-10-15-7-16(11-25)9-17(8-15)12-25/h14-17H,3-13H2,1-2H3,(H,26,27). The first-order chi connectivity index (χ1) is 15.3. The Hall–Kier alpha value is -1.89. The number of fused-ring (bicyclic) bond motifs is 1. The highest BCUT2D eigenvalue weighted by atomic mass is 32.1. The monoisotopic (exact) mass is 459 g/mol. The normalized spacial score (nSPS) is 30.2. The number of carbonyl (C=O) groups is 3. The van der Waals surface area contributed by atoms with Crippen LogP contribution in [-0.2, 0) is 31.9 Å². The van der Waals surface area contributed by atoms with E-state index in [9.17, 15) is 14.4 Å². The van der Waals surface area contributed by atoms with Crippen LogP contribution < -0.4 is 5.32 Å². The van der Waals surface area contributed by atoms with Crippen molar-refractivity contribution in [3.63, 3.8) is 0 Å². The molecule has 4 bridgehead atoms. The molecule has 0 radical (unpaired) electrons. The summed E-state index contributed by atoms with van der Waals surface area (Å²) in [6.07, 6.45) is 10.1. The Morgan fingerprint density at radius 3 is 2.28 bits per heavy atom. The fraction of sp³-hybridized carbons (Fsp3) is 0.720. The topological polar surface area (TPSA) is 81.7 Å². The molecule has 5 aliphatic carbocycles.